The van der Waals surface area contributed by atoms with Crippen molar-refractivity contribution < 1.29 is 9.90 Å². The lowest BCUT2D eigenvalue weighted by Gasteiger charge is -2.59. The van der Waals surface area contributed by atoms with Crippen molar-refractivity contribution in [1.29, 1.82) is 0 Å². The molecule has 3 aliphatic carbocycles. The molecule has 0 spiro atoms. The summed E-state index contributed by atoms with van der Waals surface area (Å²) in [6, 6.07) is 0. The molecule has 0 aromatic heterocycles. The van der Waals surface area contributed by atoms with E-state index in [-0.39, 0.29) is 10.8 Å². The number of carboxylic acid groups (broad SMARTS) is 1. The second-order valence-corrected chi connectivity index (χ2v) is 5.25. The summed E-state index contributed by atoms with van der Waals surface area (Å²) < 4.78 is 0. The smallest absolute Gasteiger partial charge is 0.310 e. The van der Waals surface area contributed by atoms with E-state index < -0.39 is 5.97 Å². The maximum Gasteiger partial charge on any atom is 0.310 e. The Morgan fingerprint density at radius 3 is 2.00 bits per heavy atom. The van der Waals surface area contributed by atoms with Crippen molar-refractivity contribution in [3.05, 3.63) is 0 Å². The fourth-order valence-corrected chi connectivity index (χ4v) is 3.32. The number of fused-ring (bicyclic) bond motifs is 1. The third-order valence-electron chi connectivity index (χ3n) is 4.91. The van der Waals surface area contributed by atoms with Crippen LogP contribution in [0.3, 0.4) is 0 Å². The summed E-state index contributed by atoms with van der Waals surface area (Å²) >= 11 is 0. The van der Waals surface area contributed by atoms with Gasteiger partial charge in [0.25, 0.3) is 0 Å². The first-order valence-corrected chi connectivity index (χ1v) is 4.59. The van der Waals surface area contributed by atoms with Gasteiger partial charge in [-0.2, -0.15) is 0 Å². The Kier molecular flexibility index (Phi) is 1.15. The highest BCUT2D eigenvalue weighted by atomic mass is 16.4. The topological polar surface area (TPSA) is 37.3 Å². The van der Waals surface area contributed by atoms with Crippen LogP contribution in [0.5, 0.6) is 0 Å². The van der Waals surface area contributed by atoms with Crippen LogP contribution in [-0.4, -0.2) is 11.1 Å². The minimum absolute atomic E-state index is 0.00579. The van der Waals surface area contributed by atoms with Gasteiger partial charge in [0.05, 0.1) is 5.41 Å². The van der Waals surface area contributed by atoms with Crippen molar-refractivity contribution in [1.82, 2.24) is 0 Å². The third-order valence-corrected chi connectivity index (χ3v) is 4.91. The first-order chi connectivity index (χ1) is 5.36. The highest BCUT2D eigenvalue weighted by Gasteiger charge is 2.74. The van der Waals surface area contributed by atoms with E-state index in [1.165, 1.54) is 0 Å². The summed E-state index contributed by atoms with van der Waals surface area (Å²) in [6.45, 7) is 6.44. The van der Waals surface area contributed by atoms with Crippen molar-refractivity contribution in [2.24, 2.45) is 16.2 Å². The largest absolute Gasteiger partial charge is 0.481 e. The van der Waals surface area contributed by atoms with Crippen LogP contribution in [0, 0.1) is 16.2 Å². The van der Waals surface area contributed by atoms with Gasteiger partial charge in [-0.25, -0.2) is 0 Å². The predicted octanol–water partition coefficient (Wildman–Crippen LogP) is 2.29. The van der Waals surface area contributed by atoms with Crippen LogP contribution in [-0.2, 0) is 4.79 Å². The molecule has 2 heteroatoms. The molecule has 1 N–H and O–H groups in total. The van der Waals surface area contributed by atoms with Gasteiger partial charge in [-0.3, -0.25) is 4.79 Å². The van der Waals surface area contributed by atoms with Gasteiger partial charge in [0, 0.05) is 0 Å². The molecule has 12 heavy (non-hydrogen) atoms. The zero-order valence-electron chi connectivity index (χ0n) is 7.98. The van der Waals surface area contributed by atoms with Crippen LogP contribution in [0.1, 0.15) is 40.0 Å². The molecule has 68 valence electrons. The molecule has 3 saturated carbocycles. The van der Waals surface area contributed by atoms with Crippen LogP contribution in [0.2, 0.25) is 0 Å². The molecule has 3 fully saturated rings. The summed E-state index contributed by atoms with van der Waals surface area (Å²) in [4.78, 5) is 11.1. The number of hydrogen-bond acceptors (Lipinski definition) is 1. The number of carbonyl (C=O) groups is 1. The predicted molar refractivity (Wildman–Crippen MR) is 45.8 cm³/mol. The molecule has 2 bridgehead atoms. The second-order valence-electron chi connectivity index (χ2n) is 5.25. The van der Waals surface area contributed by atoms with Crippen molar-refractivity contribution in [2.75, 3.05) is 0 Å². The molecule has 0 amide bonds. The molecule has 2 nitrogen and oxygen atoms in total. The Bertz CT molecular complexity index is 257. The van der Waals surface area contributed by atoms with Crippen LogP contribution in [0.25, 0.3) is 0 Å². The lowest BCUT2D eigenvalue weighted by molar-refractivity contribution is -0.184. The summed E-state index contributed by atoms with van der Waals surface area (Å²) in [5.41, 5.74) is -0.0844. The monoisotopic (exact) mass is 168 g/mol. The zero-order chi connectivity index (χ0) is 9.20. The second kappa shape index (κ2) is 1.70. The maximum absolute atomic E-state index is 11.1. The molecular weight excluding hydrogens is 152 g/mol. The molecule has 0 aromatic rings. The summed E-state index contributed by atoms with van der Waals surface area (Å²) in [5.74, 6) is -0.581. The molecule has 0 saturated heterocycles. The minimum atomic E-state index is -0.581. The van der Waals surface area contributed by atoms with Gasteiger partial charge in [-0.15, -0.1) is 0 Å². The molecule has 0 aliphatic heterocycles. The van der Waals surface area contributed by atoms with E-state index in [4.69, 9.17) is 5.11 Å². The normalized spacial score (nSPS) is 48.6. The van der Waals surface area contributed by atoms with Crippen molar-refractivity contribution in [2.45, 2.75) is 40.0 Å². The Morgan fingerprint density at radius 2 is 1.83 bits per heavy atom. The number of carboxylic acids is 1. The fourth-order valence-electron chi connectivity index (χ4n) is 3.32. The molecule has 0 aromatic carbocycles. The van der Waals surface area contributed by atoms with Crippen molar-refractivity contribution in [3.8, 4) is 0 Å². The highest BCUT2D eigenvalue weighted by molar-refractivity contribution is 5.79. The zero-order valence-corrected chi connectivity index (χ0v) is 7.98. The number of rotatable bonds is 1. The first-order valence-electron chi connectivity index (χ1n) is 4.59. The lowest BCUT2D eigenvalue weighted by atomic mass is 9.44. The van der Waals surface area contributed by atoms with Crippen molar-refractivity contribution in [3.63, 3.8) is 0 Å². The van der Waals surface area contributed by atoms with Gasteiger partial charge in [-0.1, -0.05) is 20.8 Å². The quantitative estimate of drug-likeness (QED) is 0.652. The Morgan fingerprint density at radius 1 is 1.25 bits per heavy atom. The fraction of sp³-hybridized carbons (Fsp3) is 0.900. The molecule has 0 radical (unpaired) electrons. The van der Waals surface area contributed by atoms with Crippen molar-refractivity contribution >= 4 is 5.97 Å². The van der Waals surface area contributed by atoms with Gasteiger partial charge in [0.15, 0.2) is 0 Å². The van der Waals surface area contributed by atoms with E-state index in [0.717, 1.165) is 19.3 Å². The average Bonchev–Trinajstić information content (AvgIpc) is 2.39. The molecular formula is C10H16O2. The summed E-state index contributed by atoms with van der Waals surface area (Å²) in [6.07, 6.45) is 2.86. The Balaban J connectivity index is 2.42. The molecule has 2 unspecified atom stereocenters. The molecule has 2 atom stereocenters. The van der Waals surface area contributed by atoms with Crippen LogP contribution >= 0.6 is 0 Å². The Labute approximate surface area is 73.0 Å². The maximum atomic E-state index is 11.1. The average molecular weight is 168 g/mol. The van der Waals surface area contributed by atoms with Crippen LogP contribution in [0.4, 0.5) is 0 Å². The van der Waals surface area contributed by atoms with Crippen LogP contribution < -0.4 is 0 Å². The SMILES string of the molecule is CC12CCC(C(=O)O)(C1)C2(C)C. The summed E-state index contributed by atoms with van der Waals surface area (Å²) in [7, 11) is 0. The minimum Gasteiger partial charge on any atom is -0.481 e. The van der Waals surface area contributed by atoms with Gasteiger partial charge in [-0.05, 0) is 30.1 Å². The summed E-state index contributed by atoms with van der Waals surface area (Å²) in [5, 5.41) is 9.16. The Hall–Kier alpha value is -0.530. The molecule has 3 rings (SSSR count). The van der Waals surface area contributed by atoms with Gasteiger partial charge in [0.2, 0.25) is 0 Å². The van der Waals surface area contributed by atoms with E-state index in [0.29, 0.717) is 5.41 Å². The first kappa shape index (κ1) is 8.09. The van der Waals surface area contributed by atoms with Crippen LogP contribution in [0.15, 0.2) is 0 Å². The van der Waals surface area contributed by atoms with Gasteiger partial charge >= 0.3 is 5.97 Å². The molecule has 0 heterocycles. The van der Waals surface area contributed by atoms with E-state index in [1.807, 2.05) is 0 Å². The third kappa shape index (κ3) is 0.511. The van der Waals surface area contributed by atoms with E-state index in [2.05, 4.69) is 20.8 Å². The van der Waals surface area contributed by atoms with Gasteiger partial charge < -0.3 is 5.11 Å². The highest BCUT2D eigenvalue weighted by Crippen LogP contribution is 2.77. The van der Waals surface area contributed by atoms with E-state index >= 15 is 0 Å². The van der Waals surface area contributed by atoms with E-state index in [1.54, 1.807) is 0 Å². The standard InChI is InChI=1S/C10H16O2/c1-8(2)9(3)4-5-10(8,6-9)7(11)12/h4-6H2,1-3H3,(H,11,12). The van der Waals surface area contributed by atoms with E-state index in [9.17, 15) is 4.79 Å². The number of aliphatic carboxylic acids is 1. The molecule has 3 aliphatic rings. The number of hydrogen-bond donors (Lipinski definition) is 1. The lowest BCUT2D eigenvalue weighted by Crippen LogP contribution is -2.58. The van der Waals surface area contributed by atoms with Gasteiger partial charge in [0.1, 0.15) is 0 Å².